The number of hydrogen-bond acceptors (Lipinski definition) is 5. The van der Waals surface area contributed by atoms with Gasteiger partial charge >= 0.3 is 5.88 Å². The smallest absolute Gasteiger partial charge is 0.404 e. The molecular formula is C11H14N2O4. The van der Waals surface area contributed by atoms with Gasteiger partial charge in [-0.1, -0.05) is 6.42 Å². The van der Waals surface area contributed by atoms with Crippen molar-refractivity contribution in [3.63, 3.8) is 0 Å². The van der Waals surface area contributed by atoms with E-state index in [1.54, 1.807) is 6.07 Å². The molecule has 92 valence electrons. The minimum absolute atomic E-state index is 0.0899. The highest BCUT2D eigenvalue weighted by Gasteiger charge is 2.23. The van der Waals surface area contributed by atoms with Crippen LogP contribution in [-0.4, -0.2) is 28.7 Å². The van der Waals surface area contributed by atoms with Crippen LogP contribution in [0.15, 0.2) is 16.5 Å². The number of hydrogen-bond donors (Lipinski definition) is 0. The summed E-state index contributed by atoms with van der Waals surface area (Å²) < 4.78 is 5.08. The van der Waals surface area contributed by atoms with Gasteiger partial charge < -0.3 is 9.21 Å². The molecule has 6 heteroatoms. The molecule has 1 unspecified atom stereocenters. The Morgan fingerprint density at radius 2 is 2.35 bits per heavy atom. The quantitative estimate of drug-likeness (QED) is 0.453. The largest absolute Gasteiger partial charge is 0.433 e. The van der Waals surface area contributed by atoms with Crippen LogP contribution in [0.2, 0.25) is 0 Å². The normalized spacial score (nSPS) is 21.3. The molecule has 1 aromatic rings. The van der Waals surface area contributed by atoms with Crippen LogP contribution in [0.25, 0.3) is 0 Å². The van der Waals surface area contributed by atoms with Crippen molar-refractivity contribution >= 4 is 12.2 Å². The predicted octanol–water partition coefficient (Wildman–Crippen LogP) is 1.74. The number of nitrogens with zero attached hydrogens (tertiary/aromatic N) is 2. The third-order valence-electron chi connectivity index (χ3n) is 3.01. The van der Waals surface area contributed by atoms with E-state index in [1.165, 1.54) is 6.07 Å². The molecule has 2 heterocycles. The fraction of sp³-hybridized carbons (Fsp3) is 0.545. The minimum Gasteiger partial charge on any atom is -0.404 e. The van der Waals surface area contributed by atoms with Gasteiger partial charge in [-0.15, -0.1) is 0 Å². The van der Waals surface area contributed by atoms with E-state index in [1.807, 2.05) is 4.90 Å². The molecule has 0 aliphatic carbocycles. The summed E-state index contributed by atoms with van der Waals surface area (Å²) in [5.74, 6) is 0.283. The van der Waals surface area contributed by atoms with E-state index in [9.17, 15) is 14.9 Å². The molecule has 0 N–H and O–H groups in total. The first-order chi connectivity index (χ1) is 8.20. The predicted molar refractivity (Wildman–Crippen MR) is 59.5 cm³/mol. The fourth-order valence-corrected chi connectivity index (χ4v) is 2.12. The Balaban J connectivity index is 2.03. The fourth-order valence-electron chi connectivity index (χ4n) is 2.12. The number of nitro groups is 1. The lowest BCUT2D eigenvalue weighted by Crippen LogP contribution is -2.39. The first kappa shape index (κ1) is 11.8. The van der Waals surface area contributed by atoms with E-state index in [0.29, 0.717) is 12.3 Å². The Hall–Kier alpha value is -1.69. The molecule has 1 atom stereocenters. The van der Waals surface area contributed by atoms with Crippen LogP contribution in [0.5, 0.6) is 0 Å². The monoisotopic (exact) mass is 238 g/mol. The number of carbonyl (C=O) groups excluding carboxylic acids is 1. The van der Waals surface area contributed by atoms with Crippen molar-refractivity contribution in [1.82, 2.24) is 4.90 Å². The first-order valence-electron chi connectivity index (χ1n) is 5.63. The SMILES string of the molecule is O=CC1CCCCN1Cc1ccc([N+](=O)[O-])o1. The van der Waals surface area contributed by atoms with Gasteiger partial charge in [0.1, 0.15) is 17.0 Å². The van der Waals surface area contributed by atoms with Gasteiger partial charge in [-0.2, -0.15) is 0 Å². The minimum atomic E-state index is -0.559. The van der Waals surface area contributed by atoms with Crippen molar-refractivity contribution in [2.24, 2.45) is 0 Å². The highest BCUT2D eigenvalue weighted by Crippen LogP contribution is 2.21. The zero-order valence-electron chi connectivity index (χ0n) is 9.37. The summed E-state index contributed by atoms with van der Waals surface area (Å²) in [5.41, 5.74) is 0. The lowest BCUT2D eigenvalue weighted by atomic mass is 10.0. The van der Waals surface area contributed by atoms with Crippen molar-refractivity contribution in [2.45, 2.75) is 31.8 Å². The Kier molecular flexibility index (Phi) is 3.53. The zero-order chi connectivity index (χ0) is 12.3. The molecule has 1 aliphatic rings. The maximum Gasteiger partial charge on any atom is 0.433 e. The van der Waals surface area contributed by atoms with Crippen molar-refractivity contribution in [3.8, 4) is 0 Å². The van der Waals surface area contributed by atoms with Crippen molar-refractivity contribution in [2.75, 3.05) is 6.54 Å². The van der Waals surface area contributed by atoms with Gasteiger partial charge in [0.2, 0.25) is 0 Å². The Bertz CT molecular complexity index is 415. The number of aldehydes is 1. The topological polar surface area (TPSA) is 76.6 Å². The van der Waals surface area contributed by atoms with E-state index in [4.69, 9.17) is 4.42 Å². The standard InChI is InChI=1S/C11H14N2O4/c14-8-9-3-1-2-6-12(9)7-10-4-5-11(17-10)13(15)16/h4-5,8-9H,1-3,6-7H2. The average Bonchev–Trinajstić information content (AvgIpc) is 2.78. The van der Waals surface area contributed by atoms with Gasteiger partial charge in [0, 0.05) is 0 Å². The maximum absolute atomic E-state index is 10.9. The summed E-state index contributed by atoms with van der Waals surface area (Å²) in [4.78, 5) is 22.8. The third kappa shape index (κ3) is 2.71. The van der Waals surface area contributed by atoms with Crippen LogP contribution in [0.1, 0.15) is 25.0 Å². The second kappa shape index (κ2) is 5.09. The van der Waals surface area contributed by atoms with Gasteiger partial charge in [-0.3, -0.25) is 15.0 Å². The summed E-state index contributed by atoms with van der Waals surface area (Å²) in [6.07, 6.45) is 3.90. The van der Waals surface area contributed by atoms with Crippen LogP contribution in [-0.2, 0) is 11.3 Å². The van der Waals surface area contributed by atoms with Crippen LogP contribution in [0.4, 0.5) is 5.88 Å². The molecule has 2 rings (SSSR count). The summed E-state index contributed by atoms with van der Waals surface area (Å²) >= 11 is 0. The van der Waals surface area contributed by atoms with Crippen molar-refractivity contribution in [3.05, 3.63) is 28.0 Å². The molecule has 0 spiro atoms. The lowest BCUT2D eigenvalue weighted by molar-refractivity contribution is -0.402. The highest BCUT2D eigenvalue weighted by molar-refractivity contribution is 5.57. The van der Waals surface area contributed by atoms with E-state index in [2.05, 4.69) is 0 Å². The zero-order valence-corrected chi connectivity index (χ0v) is 9.37. The molecule has 1 saturated heterocycles. The van der Waals surface area contributed by atoms with Gasteiger partial charge in [-0.25, -0.2) is 0 Å². The van der Waals surface area contributed by atoms with Crippen LogP contribution < -0.4 is 0 Å². The van der Waals surface area contributed by atoms with E-state index in [0.717, 1.165) is 32.1 Å². The van der Waals surface area contributed by atoms with E-state index in [-0.39, 0.29) is 11.9 Å². The van der Waals surface area contributed by atoms with Gasteiger partial charge in [0.25, 0.3) is 0 Å². The van der Waals surface area contributed by atoms with Crippen molar-refractivity contribution < 1.29 is 14.1 Å². The maximum atomic E-state index is 10.9. The summed E-state index contributed by atoms with van der Waals surface area (Å²) in [5, 5.41) is 10.5. The molecule has 0 bridgehead atoms. The van der Waals surface area contributed by atoms with E-state index < -0.39 is 4.92 Å². The summed E-state index contributed by atoms with van der Waals surface area (Å²) in [6, 6.07) is 2.84. The second-order valence-electron chi connectivity index (χ2n) is 4.17. The average molecular weight is 238 g/mol. The molecule has 1 fully saturated rings. The number of furan rings is 1. The second-order valence-corrected chi connectivity index (χ2v) is 4.17. The summed E-state index contributed by atoms with van der Waals surface area (Å²) in [7, 11) is 0. The molecule has 0 aromatic carbocycles. The molecular weight excluding hydrogens is 224 g/mol. The molecule has 0 radical (unpaired) electrons. The molecule has 0 amide bonds. The molecule has 1 aliphatic heterocycles. The number of likely N-dealkylation sites (tertiary alicyclic amines) is 1. The van der Waals surface area contributed by atoms with Crippen LogP contribution in [0.3, 0.4) is 0 Å². The number of carbonyl (C=O) groups is 1. The lowest BCUT2D eigenvalue weighted by Gasteiger charge is -2.31. The van der Waals surface area contributed by atoms with Gasteiger partial charge in [0.15, 0.2) is 0 Å². The van der Waals surface area contributed by atoms with Crippen molar-refractivity contribution in [1.29, 1.82) is 0 Å². The van der Waals surface area contributed by atoms with Gasteiger partial charge in [0.05, 0.1) is 18.7 Å². The van der Waals surface area contributed by atoms with E-state index >= 15 is 0 Å². The number of rotatable bonds is 4. The third-order valence-corrected chi connectivity index (χ3v) is 3.01. The molecule has 1 aromatic heterocycles. The Labute approximate surface area is 98.3 Å². The van der Waals surface area contributed by atoms with Gasteiger partial charge in [-0.05, 0) is 25.5 Å². The van der Waals surface area contributed by atoms with Crippen LogP contribution in [0, 0.1) is 10.1 Å². The number of piperidine rings is 1. The first-order valence-corrected chi connectivity index (χ1v) is 5.63. The molecule has 17 heavy (non-hydrogen) atoms. The molecule has 0 saturated carbocycles. The van der Waals surface area contributed by atoms with Crippen LogP contribution >= 0.6 is 0 Å². The highest BCUT2D eigenvalue weighted by atomic mass is 16.6. The Morgan fingerprint density at radius 1 is 1.53 bits per heavy atom. The Morgan fingerprint density at radius 3 is 3.00 bits per heavy atom. The molecule has 6 nitrogen and oxygen atoms in total. The summed E-state index contributed by atoms with van der Waals surface area (Å²) in [6.45, 7) is 1.29.